The number of nitrogens with zero attached hydrogens (tertiary/aromatic N) is 2. The quantitative estimate of drug-likeness (QED) is 0.924. The molecule has 1 unspecified atom stereocenters. The number of aromatic nitrogens is 2. The van der Waals surface area contributed by atoms with Crippen LogP contribution in [0.25, 0.3) is 0 Å². The van der Waals surface area contributed by atoms with Crippen molar-refractivity contribution in [2.45, 2.75) is 59.3 Å². The minimum Gasteiger partial charge on any atom is -0.345 e. The molecule has 0 spiro atoms. The second-order valence-corrected chi connectivity index (χ2v) is 6.91. The van der Waals surface area contributed by atoms with Gasteiger partial charge in [-0.1, -0.05) is 19.8 Å². The Hall–Kier alpha value is -1.32. The molecule has 1 saturated carbocycles. The van der Waals surface area contributed by atoms with Gasteiger partial charge in [-0.25, -0.2) is 0 Å². The van der Waals surface area contributed by atoms with Crippen LogP contribution in [0, 0.1) is 25.7 Å². The summed E-state index contributed by atoms with van der Waals surface area (Å²) in [4.78, 5) is 14.6. The molecule has 1 amide bonds. The van der Waals surface area contributed by atoms with E-state index in [1.165, 1.54) is 25.7 Å². The normalized spacial score (nSPS) is 23.9. The van der Waals surface area contributed by atoms with Crippen molar-refractivity contribution in [2.24, 2.45) is 11.8 Å². The van der Waals surface area contributed by atoms with Gasteiger partial charge in [0, 0.05) is 24.8 Å². The third kappa shape index (κ3) is 3.66. The Bertz CT molecular complexity index is 467. The van der Waals surface area contributed by atoms with Crippen LogP contribution in [0.5, 0.6) is 0 Å². The Morgan fingerprint density at radius 1 is 1.33 bits per heavy atom. The number of carbonyl (C=O) groups is 1. The van der Waals surface area contributed by atoms with E-state index in [0.29, 0.717) is 5.92 Å². The number of hydrogen-bond donors (Lipinski definition) is 1. The minimum absolute atomic E-state index is 0.115. The summed E-state index contributed by atoms with van der Waals surface area (Å²) >= 11 is 0. The lowest BCUT2D eigenvalue weighted by molar-refractivity contribution is -0.131. The summed E-state index contributed by atoms with van der Waals surface area (Å²) < 4.78 is 0. The van der Waals surface area contributed by atoms with E-state index in [9.17, 15) is 4.79 Å². The van der Waals surface area contributed by atoms with Crippen LogP contribution >= 0.6 is 0 Å². The van der Waals surface area contributed by atoms with Gasteiger partial charge in [-0.05, 0) is 45.4 Å². The van der Waals surface area contributed by atoms with Crippen molar-refractivity contribution in [2.75, 3.05) is 13.6 Å². The molecule has 1 heterocycles. The van der Waals surface area contributed by atoms with Crippen LogP contribution in [0.15, 0.2) is 0 Å². The van der Waals surface area contributed by atoms with Gasteiger partial charge in [-0.3, -0.25) is 9.89 Å². The lowest BCUT2D eigenvalue weighted by atomic mass is 9.82. The highest BCUT2D eigenvalue weighted by Gasteiger charge is 2.26. The molecule has 4 nitrogen and oxygen atoms in total. The molecular weight excluding hydrogens is 262 g/mol. The molecule has 21 heavy (non-hydrogen) atoms. The number of aryl methyl sites for hydroxylation is 2. The lowest BCUT2D eigenvalue weighted by Gasteiger charge is -2.31. The van der Waals surface area contributed by atoms with Crippen molar-refractivity contribution in [3.63, 3.8) is 0 Å². The molecule has 1 N–H and O–H groups in total. The van der Waals surface area contributed by atoms with Crippen molar-refractivity contribution in [3.8, 4) is 0 Å². The van der Waals surface area contributed by atoms with Crippen molar-refractivity contribution in [3.05, 3.63) is 17.0 Å². The van der Waals surface area contributed by atoms with Crippen LogP contribution in [0.2, 0.25) is 0 Å². The maximum Gasteiger partial charge on any atom is 0.229 e. The highest BCUT2D eigenvalue weighted by molar-refractivity contribution is 5.83. The third-order valence-electron chi connectivity index (χ3n) is 5.03. The van der Waals surface area contributed by atoms with Crippen LogP contribution in [0.1, 0.15) is 62.4 Å². The molecule has 1 aliphatic carbocycles. The number of hydrogen-bond acceptors (Lipinski definition) is 2. The second-order valence-electron chi connectivity index (χ2n) is 6.91. The number of nitrogens with one attached hydrogen (secondary N) is 1. The van der Waals surface area contributed by atoms with Gasteiger partial charge in [0.2, 0.25) is 5.91 Å². The number of likely N-dealkylation sites (N-methyl/N-ethyl adjacent to an activating group) is 1. The summed E-state index contributed by atoms with van der Waals surface area (Å²) in [5.74, 6) is 1.63. The zero-order valence-electron chi connectivity index (χ0n) is 14.1. The first kappa shape index (κ1) is 16.1. The Kier molecular flexibility index (Phi) is 5.07. The average Bonchev–Trinajstić information content (AvgIpc) is 2.79. The molecule has 0 aliphatic heterocycles. The fraction of sp³-hybridized carbons (Fsp3) is 0.765. The Morgan fingerprint density at radius 2 is 1.95 bits per heavy atom. The third-order valence-corrected chi connectivity index (χ3v) is 5.03. The number of aromatic amines is 1. The molecule has 1 atom stereocenters. The van der Waals surface area contributed by atoms with Gasteiger partial charge in [0.1, 0.15) is 0 Å². The van der Waals surface area contributed by atoms with Crippen molar-refractivity contribution in [1.82, 2.24) is 15.1 Å². The topological polar surface area (TPSA) is 49.0 Å². The molecule has 1 fully saturated rings. The fourth-order valence-electron chi connectivity index (χ4n) is 3.64. The first-order valence-electron chi connectivity index (χ1n) is 8.16. The fourth-order valence-corrected chi connectivity index (χ4v) is 3.64. The highest BCUT2D eigenvalue weighted by atomic mass is 16.2. The van der Waals surface area contributed by atoms with Crippen molar-refractivity contribution in [1.29, 1.82) is 0 Å². The second kappa shape index (κ2) is 6.63. The summed E-state index contributed by atoms with van der Waals surface area (Å²) in [5.41, 5.74) is 3.01. The molecule has 1 aliphatic rings. The van der Waals surface area contributed by atoms with E-state index in [0.717, 1.165) is 29.4 Å². The molecule has 1 aromatic rings. The van der Waals surface area contributed by atoms with Crippen LogP contribution in [-0.2, 0) is 4.79 Å². The molecule has 0 saturated heterocycles. The monoisotopic (exact) mass is 291 g/mol. The molecular formula is C17H29N3O. The minimum atomic E-state index is -0.115. The van der Waals surface area contributed by atoms with E-state index in [1.807, 2.05) is 32.7 Å². The Labute approximate surface area is 128 Å². The molecule has 2 rings (SSSR count). The van der Waals surface area contributed by atoms with Crippen LogP contribution in [0.4, 0.5) is 0 Å². The van der Waals surface area contributed by atoms with Crippen LogP contribution in [0.3, 0.4) is 0 Å². The molecule has 4 heteroatoms. The van der Waals surface area contributed by atoms with Gasteiger partial charge in [0.15, 0.2) is 0 Å². The van der Waals surface area contributed by atoms with Gasteiger partial charge >= 0.3 is 0 Å². The smallest absolute Gasteiger partial charge is 0.229 e. The summed E-state index contributed by atoms with van der Waals surface area (Å²) in [6.45, 7) is 9.17. The zero-order valence-corrected chi connectivity index (χ0v) is 14.1. The van der Waals surface area contributed by atoms with Gasteiger partial charge < -0.3 is 4.90 Å². The van der Waals surface area contributed by atoms with Crippen molar-refractivity contribution < 1.29 is 4.79 Å². The van der Waals surface area contributed by atoms with E-state index in [2.05, 4.69) is 17.1 Å². The highest BCUT2D eigenvalue weighted by Crippen LogP contribution is 2.29. The Balaban J connectivity index is 1.96. The lowest BCUT2D eigenvalue weighted by Crippen LogP contribution is -2.36. The van der Waals surface area contributed by atoms with Crippen molar-refractivity contribution >= 4 is 5.91 Å². The van der Waals surface area contributed by atoms with Crippen LogP contribution in [-0.4, -0.2) is 34.6 Å². The predicted octanol–water partition coefficient (Wildman–Crippen LogP) is 3.41. The predicted molar refractivity (Wildman–Crippen MR) is 85.2 cm³/mol. The average molecular weight is 291 g/mol. The number of rotatable bonds is 4. The van der Waals surface area contributed by atoms with Gasteiger partial charge in [-0.15, -0.1) is 0 Å². The summed E-state index contributed by atoms with van der Waals surface area (Å²) in [5, 5.41) is 7.18. The summed E-state index contributed by atoms with van der Waals surface area (Å²) in [6.07, 6.45) is 5.14. The molecule has 1 aromatic heterocycles. The molecule has 0 bridgehead atoms. The van der Waals surface area contributed by atoms with Crippen LogP contribution < -0.4 is 0 Å². The number of amides is 1. The van der Waals surface area contributed by atoms with Gasteiger partial charge in [-0.2, -0.15) is 5.10 Å². The largest absolute Gasteiger partial charge is 0.345 e. The zero-order chi connectivity index (χ0) is 15.6. The van der Waals surface area contributed by atoms with Gasteiger partial charge in [0.05, 0.1) is 11.6 Å². The maximum atomic E-state index is 12.7. The standard InChI is InChI=1S/C17H29N3O/c1-11-6-8-15(9-7-11)10-20(5)17(21)12(2)16-13(3)18-19-14(16)4/h11-12,15H,6-10H2,1-5H3,(H,18,19). The Morgan fingerprint density at radius 3 is 2.48 bits per heavy atom. The van der Waals surface area contributed by atoms with E-state index < -0.39 is 0 Å². The first-order valence-corrected chi connectivity index (χ1v) is 8.16. The maximum absolute atomic E-state index is 12.7. The molecule has 118 valence electrons. The van der Waals surface area contributed by atoms with E-state index >= 15 is 0 Å². The SMILES string of the molecule is Cc1n[nH]c(C)c1C(C)C(=O)N(C)CC1CCC(C)CC1. The van der Waals surface area contributed by atoms with Gasteiger partial charge in [0.25, 0.3) is 0 Å². The molecule has 0 aromatic carbocycles. The van der Waals surface area contributed by atoms with E-state index in [-0.39, 0.29) is 11.8 Å². The van der Waals surface area contributed by atoms with E-state index in [4.69, 9.17) is 0 Å². The first-order chi connectivity index (χ1) is 9.90. The summed E-state index contributed by atoms with van der Waals surface area (Å²) in [7, 11) is 1.95. The summed E-state index contributed by atoms with van der Waals surface area (Å²) in [6, 6.07) is 0. The molecule has 0 radical (unpaired) electrons. The number of carbonyl (C=O) groups excluding carboxylic acids is 1. The van der Waals surface area contributed by atoms with E-state index in [1.54, 1.807) is 0 Å². The number of H-pyrrole nitrogens is 1.